The highest BCUT2D eigenvalue weighted by molar-refractivity contribution is 5.77. The first-order valence-electron chi connectivity index (χ1n) is 11.8. The van der Waals surface area contributed by atoms with E-state index in [4.69, 9.17) is 15.2 Å². The van der Waals surface area contributed by atoms with Crippen LogP contribution < -0.4 is 30.7 Å². The first-order valence-corrected chi connectivity index (χ1v) is 11.8. The zero-order valence-electron chi connectivity index (χ0n) is 20.0. The molecule has 4 rings (SSSR count). The SMILES string of the molecule is CCOc1ccc(Nc2nc(Nc3ccc(OCC)cc3)nc(N3CCC(C(N)=O)CC3)n2)cc1. The Balaban J connectivity index is 1.56. The molecule has 10 heteroatoms. The summed E-state index contributed by atoms with van der Waals surface area (Å²) in [6, 6.07) is 15.2. The minimum atomic E-state index is -0.254. The Morgan fingerprint density at radius 2 is 1.31 bits per heavy atom. The maximum absolute atomic E-state index is 11.6. The molecule has 0 atom stereocenters. The molecule has 1 amide bonds. The number of hydrogen-bond acceptors (Lipinski definition) is 9. The number of hydrogen-bond donors (Lipinski definition) is 3. The lowest BCUT2D eigenvalue weighted by Crippen LogP contribution is -2.39. The van der Waals surface area contributed by atoms with Crippen molar-refractivity contribution in [3.05, 3.63) is 48.5 Å². The molecule has 1 fully saturated rings. The molecule has 35 heavy (non-hydrogen) atoms. The number of anilines is 5. The van der Waals surface area contributed by atoms with Crippen molar-refractivity contribution in [1.82, 2.24) is 15.0 Å². The van der Waals surface area contributed by atoms with E-state index < -0.39 is 0 Å². The second-order valence-corrected chi connectivity index (χ2v) is 8.11. The molecular formula is C25H31N7O3. The predicted molar refractivity (Wildman–Crippen MR) is 136 cm³/mol. The van der Waals surface area contributed by atoms with E-state index in [0.29, 0.717) is 57.0 Å². The van der Waals surface area contributed by atoms with Gasteiger partial charge in [-0.2, -0.15) is 15.0 Å². The molecule has 0 bridgehead atoms. The molecular weight excluding hydrogens is 446 g/mol. The van der Waals surface area contributed by atoms with Gasteiger partial charge in [-0.05, 0) is 75.2 Å². The summed E-state index contributed by atoms with van der Waals surface area (Å²) < 4.78 is 11.0. The van der Waals surface area contributed by atoms with Gasteiger partial charge in [0.15, 0.2) is 0 Å². The minimum absolute atomic E-state index is 0.115. The van der Waals surface area contributed by atoms with Crippen LogP contribution in [0.2, 0.25) is 0 Å². The Bertz CT molecular complexity index is 1050. The quantitative estimate of drug-likeness (QED) is 0.399. The van der Waals surface area contributed by atoms with Gasteiger partial charge in [0.2, 0.25) is 23.8 Å². The van der Waals surface area contributed by atoms with Crippen molar-refractivity contribution in [2.75, 3.05) is 41.8 Å². The van der Waals surface area contributed by atoms with Gasteiger partial charge in [-0.3, -0.25) is 4.79 Å². The zero-order valence-corrected chi connectivity index (χ0v) is 20.0. The van der Waals surface area contributed by atoms with Gasteiger partial charge in [-0.25, -0.2) is 0 Å². The lowest BCUT2D eigenvalue weighted by atomic mass is 9.96. The average Bonchev–Trinajstić information content (AvgIpc) is 2.87. The highest BCUT2D eigenvalue weighted by Crippen LogP contribution is 2.26. The van der Waals surface area contributed by atoms with E-state index in [2.05, 4.69) is 25.6 Å². The second-order valence-electron chi connectivity index (χ2n) is 8.11. The van der Waals surface area contributed by atoms with Crippen LogP contribution in [-0.2, 0) is 4.79 Å². The number of rotatable bonds is 10. The third-order valence-electron chi connectivity index (χ3n) is 5.65. The largest absolute Gasteiger partial charge is 0.494 e. The van der Waals surface area contributed by atoms with Crippen LogP contribution >= 0.6 is 0 Å². The number of nitrogens with zero attached hydrogens (tertiary/aromatic N) is 4. The van der Waals surface area contributed by atoms with Crippen molar-refractivity contribution in [2.24, 2.45) is 11.7 Å². The molecule has 4 N–H and O–H groups in total. The van der Waals surface area contributed by atoms with Gasteiger partial charge >= 0.3 is 0 Å². The molecule has 1 aliphatic heterocycles. The van der Waals surface area contributed by atoms with Crippen molar-refractivity contribution in [1.29, 1.82) is 0 Å². The van der Waals surface area contributed by atoms with Crippen LogP contribution in [0.3, 0.4) is 0 Å². The van der Waals surface area contributed by atoms with E-state index in [1.165, 1.54) is 0 Å². The first kappa shape index (κ1) is 24.1. The summed E-state index contributed by atoms with van der Waals surface area (Å²) in [5, 5.41) is 6.51. The van der Waals surface area contributed by atoms with Crippen LogP contribution in [0.5, 0.6) is 11.5 Å². The summed E-state index contributed by atoms with van der Waals surface area (Å²) in [5.74, 6) is 2.57. The first-order chi connectivity index (χ1) is 17.0. The monoisotopic (exact) mass is 477 g/mol. The van der Waals surface area contributed by atoms with Gasteiger partial charge in [-0.15, -0.1) is 0 Å². The maximum atomic E-state index is 11.6. The number of piperidine rings is 1. The molecule has 10 nitrogen and oxygen atoms in total. The summed E-state index contributed by atoms with van der Waals surface area (Å²) in [5.41, 5.74) is 7.14. The van der Waals surface area contributed by atoms with Crippen LogP contribution in [0.1, 0.15) is 26.7 Å². The Hall–Kier alpha value is -4.08. The number of carbonyl (C=O) groups excluding carboxylic acids is 1. The van der Waals surface area contributed by atoms with Crippen molar-refractivity contribution in [3.63, 3.8) is 0 Å². The van der Waals surface area contributed by atoms with Crippen LogP contribution in [0.25, 0.3) is 0 Å². The van der Waals surface area contributed by atoms with Gasteiger partial charge in [0.05, 0.1) is 13.2 Å². The Labute approximate surface area is 204 Å². The van der Waals surface area contributed by atoms with Crippen molar-refractivity contribution < 1.29 is 14.3 Å². The third kappa shape index (κ3) is 6.50. The molecule has 0 unspecified atom stereocenters. The zero-order chi connectivity index (χ0) is 24.6. The topological polar surface area (TPSA) is 128 Å². The third-order valence-corrected chi connectivity index (χ3v) is 5.65. The molecule has 0 aliphatic carbocycles. The standard InChI is InChI=1S/C25H31N7O3/c1-3-34-20-9-5-18(6-10-20)27-23-29-24(28-19-7-11-21(12-8-19)35-4-2)31-25(30-23)32-15-13-17(14-16-32)22(26)33/h5-12,17H,3-4,13-16H2,1-2H3,(H2,26,33)(H2,27,28,29,30,31). The Morgan fingerprint density at radius 3 is 1.71 bits per heavy atom. The second kappa shape index (κ2) is 11.4. The van der Waals surface area contributed by atoms with Crippen LogP contribution in [0.4, 0.5) is 29.2 Å². The van der Waals surface area contributed by atoms with Crippen molar-refractivity contribution >= 4 is 35.1 Å². The number of aromatic nitrogens is 3. The molecule has 184 valence electrons. The van der Waals surface area contributed by atoms with E-state index >= 15 is 0 Å². The number of carbonyl (C=O) groups is 1. The number of amides is 1. The summed E-state index contributed by atoms with van der Waals surface area (Å²) in [6.07, 6.45) is 1.34. The van der Waals surface area contributed by atoms with E-state index in [9.17, 15) is 4.79 Å². The average molecular weight is 478 g/mol. The number of benzene rings is 2. The number of primary amides is 1. The molecule has 2 aromatic carbocycles. The van der Waals surface area contributed by atoms with Gasteiger partial charge in [0, 0.05) is 30.4 Å². The number of ether oxygens (including phenoxy) is 2. The molecule has 1 aromatic heterocycles. The molecule has 0 radical (unpaired) electrons. The van der Waals surface area contributed by atoms with E-state index in [-0.39, 0.29) is 11.8 Å². The fraction of sp³-hybridized carbons (Fsp3) is 0.360. The molecule has 0 spiro atoms. The lowest BCUT2D eigenvalue weighted by molar-refractivity contribution is -0.122. The maximum Gasteiger partial charge on any atom is 0.233 e. The summed E-state index contributed by atoms with van der Waals surface area (Å²) in [6.45, 7) is 6.39. The molecule has 2 heterocycles. The van der Waals surface area contributed by atoms with Crippen molar-refractivity contribution in [2.45, 2.75) is 26.7 Å². The minimum Gasteiger partial charge on any atom is -0.494 e. The number of nitrogens with two attached hydrogens (primary N) is 1. The summed E-state index contributed by atoms with van der Waals surface area (Å²) in [4.78, 5) is 27.5. The van der Waals surface area contributed by atoms with Gasteiger partial charge in [0.1, 0.15) is 11.5 Å². The Kier molecular flexibility index (Phi) is 7.81. The van der Waals surface area contributed by atoms with Gasteiger partial charge < -0.3 is 30.7 Å². The lowest BCUT2D eigenvalue weighted by Gasteiger charge is -2.30. The van der Waals surface area contributed by atoms with E-state index in [1.807, 2.05) is 67.3 Å². The molecule has 0 saturated carbocycles. The highest BCUT2D eigenvalue weighted by Gasteiger charge is 2.25. The highest BCUT2D eigenvalue weighted by atomic mass is 16.5. The van der Waals surface area contributed by atoms with Gasteiger partial charge in [0.25, 0.3) is 0 Å². The van der Waals surface area contributed by atoms with Crippen LogP contribution in [-0.4, -0.2) is 47.2 Å². The van der Waals surface area contributed by atoms with Crippen LogP contribution in [0.15, 0.2) is 48.5 Å². The van der Waals surface area contributed by atoms with Gasteiger partial charge in [-0.1, -0.05) is 0 Å². The predicted octanol–water partition coefficient (Wildman–Crippen LogP) is 3.86. The normalized spacial score (nSPS) is 13.8. The molecule has 1 aliphatic rings. The fourth-order valence-electron chi connectivity index (χ4n) is 3.84. The summed E-state index contributed by atoms with van der Waals surface area (Å²) in [7, 11) is 0. The molecule has 1 saturated heterocycles. The van der Waals surface area contributed by atoms with Crippen LogP contribution in [0, 0.1) is 5.92 Å². The number of nitrogens with one attached hydrogen (secondary N) is 2. The smallest absolute Gasteiger partial charge is 0.233 e. The fourth-order valence-corrected chi connectivity index (χ4v) is 3.84. The summed E-state index contributed by atoms with van der Waals surface area (Å²) >= 11 is 0. The van der Waals surface area contributed by atoms with E-state index in [1.54, 1.807) is 0 Å². The molecule has 3 aromatic rings. The van der Waals surface area contributed by atoms with E-state index in [0.717, 1.165) is 22.9 Å². The Morgan fingerprint density at radius 1 is 0.857 bits per heavy atom. The van der Waals surface area contributed by atoms with Crippen molar-refractivity contribution in [3.8, 4) is 11.5 Å².